The molecule has 0 bridgehead atoms. The van der Waals surface area contributed by atoms with Gasteiger partial charge in [-0.2, -0.15) is 0 Å². The first kappa shape index (κ1) is 13.1. The van der Waals surface area contributed by atoms with Crippen molar-refractivity contribution in [3.05, 3.63) is 34.3 Å². The van der Waals surface area contributed by atoms with Crippen molar-refractivity contribution in [2.24, 2.45) is 0 Å². The van der Waals surface area contributed by atoms with Crippen molar-refractivity contribution < 1.29 is 19.4 Å². The molecule has 1 aromatic rings. The molecule has 0 aromatic heterocycles. The molecule has 0 aliphatic carbocycles. The number of carbonyl (C=O) groups excluding carboxylic acids is 1. The molecule has 0 atom stereocenters. The summed E-state index contributed by atoms with van der Waals surface area (Å²) in [7, 11) is 1.28. The molecule has 0 aliphatic heterocycles. The van der Waals surface area contributed by atoms with Crippen LogP contribution in [0.2, 0.25) is 5.02 Å². The molecule has 0 fully saturated rings. The van der Waals surface area contributed by atoms with E-state index < -0.39 is 11.9 Å². The average Bonchev–Trinajstić information content (AvgIpc) is 2.28. The van der Waals surface area contributed by atoms with Gasteiger partial charge in [0.25, 0.3) is 0 Å². The molecule has 0 radical (unpaired) electrons. The van der Waals surface area contributed by atoms with Crippen LogP contribution in [-0.2, 0) is 9.53 Å². The Kier molecular flexibility index (Phi) is 4.56. The van der Waals surface area contributed by atoms with E-state index in [1.807, 2.05) is 0 Å². The minimum Gasteiger partial charge on any atom is -0.478 e. The van der Waals surface area contributed by atoms with E-state index in [9.17, 15) is 9.59 Å². The molecule has 0 aliphatic rings. The zero-order chi connectivity index (χ0) is 12.8. The van der Waals surface area contributed by atoms with E-state index in [-0.39, 0.29) is 17.0 Å². The molecule has 88 valence electrons. The summed E-state index contributed by atoms with van der Waals surface area (Å²) in [5, 5.41) is 8.87. The summed E-state index contributed by atoms with van der Waals surface area (Å²) in [5.74, 6) is 3.77. The van der Waals surface area contributed by atoms with Gasteiger partial charge >= 0.3 is 11.9 Å². The third-order valence-electron chi connectivity index (χ3n) is 1.89. The Hall–Kier alpha value is -1.99. The Morgan fingerprint density at radius 2 is 2.18 bits per heavy atom. The van der Waals surface area contributed by atoms with Gasteiger partial charge in [-0.1, -0.05) is 23.4 Å². The lowest BCUT2D eigenvalue weighted by Gasteiger charge is -1.98. The molecule has 17 heavy (non-hydrogen) atoms. The van der Waals surface area contributed by atoms with E-state index in [2.05, 4.69) is 16.6 Å². The highest BCUT2D eigenvalue weighted by atomic mass is 35.5. The van der Waals surface area contributed by atoms with E-state index in [4.69, 9.17) is 16.7 Å². The normalized spacial score (nSPS) is 9.06. The summed E-state index contributed by atoms with van der Waals surface area (Å²) >= 11 is 5.75. The number of hydrogen-bond donors (Lipinski definition) is 1. The van der Waals surface area contributed by atoms with Crippen LogP contribution in [0.1, 0.15) is 22.3 Å². The Labute approximate surface area is 103 Å². The molecule has 5 heteroatoms. The summed E-state index contributed by atoms with van der Waals surface area (Å²) in [5.41, 5.74) is 0.564. The molecule has 1 aromatic carbocycles. The lowest BCUT2D eigenvalue weighted by atomic mass is 10.1. The first-order valence-corrected chi connectivity index (χ1v) is 5.01. The first-order valence-electron chi connectivity index (χ1n) is 4.63. The van der Waals surface area contributed by atoms with Crippen LogP contribution in [0.15, 0.2) is 18.2 Å². The van der Waals surface area contributed by atoms with Gasteiger partial charge in [0.15, 0.2) is 0 Å². The molecule has 0 spiro atoms. The van der Waals surface area contributed by atoms with Gasteiger partial charge in [-0.3, -0.25) is 4.79 Å². The fraction of sp³-hybridized carbons (Fsp3) is 0.167. The topological polar surface area (TPSA) is 63.6 Å². The quantitative estimate of drug-likeness (QED) is 0.645. The second-order valence-electron chi connectivity index (χ2n) is 3.05. The molecular weight excluding hydrogens is 244 g/mol. The molecule has 0 saturated carbocycles. The van der Waals surface area contributed by atoms with Crippen molar-refractivity contribution >= 4 is 23.5 Å². The third-order valence-corrected chi connectivity index (χ3v) is 2.21. The van der Waals surface area contributed by atoms with Crippen molar-refractivity contribution in [2.75, 3.05) is 7.11 Å². The highest BCUT2D eigenvalue weighted by Gasteiger charge is 2.07. The number of ether oxygens (including phenoxy) is 1. The maximum Gasteiger partial charge on any atom is 0.337 e. The second-order valence-corrected chi connectivity index (χ2v) is 3.46. The number of aromatic carboxylic acids is 1. The Balaban J connectivity index is 2.84. The minimum atomic E-state index is -1.09. The number of hydrogen-bond acceptors (Lipinski definition) is 3. The maximum atomic E-state index is 10.8. The maximum absolute atomic E-state index is 10.8. The van der Waals surface area contributed by atoms with Crippen LogP contribution in [0.4, 0.5) is 0 Å². The van der Waals surface area contributed by atoms with Gasteiger partial charge in [-0.15, -0.1) is 0 Å². The number of halogens is 1. The van der Waals surface area contributed by atoms with Gasteiger partial charge in [-0.25, -0.2) is 4.79 Å². The van der Waals surface area contributed by atoms with Crippen LogP contribution in [0.5, 0.6) is 0 Å². The monoisotopic (exact) mass is 252 g/mol. The first-order chi connectivity index (χ1) is 8.04. The standard InChI is InChI=1S/C12H9ClO4/c1-17-11(14)4-2-3-8-5-6-9(12(15)16)10(13)7-8/h5-7H,4H2,1H3,(H,15,16). The van der Waals surface area contributed by atoms with Crippen LogP contribution in [-0.4, -0.2) is 24.2 Å². The van der Waals surface area contributed by atoms with Crippen molar-refractivity contribution in [3.8, 4) is 11.8 Å². The zero-order valence-electron chi connectivity index (χ0n) is 8.99. The molecule has 4 nitrogen and oxygen atoms in total. The molecular formula is C12H9ClO4. The molecule has 0 saturated heterocycles. The number of benzene rings is 1. The van der Waals surface area contributed by atoms with Gasteiger partial charge in [-0.05, 0) is 18.2 Å². The average molecular weight is 253 g/mol. The van der Waals surface area contributed by atoms with Gasteiger partial charge < -0.3 is 9.84 Å². The van der Waals surface area contributed by atoms with E-state index in [1.54, 1.807) is 0 Å². The SMILES string of the molecule is COC(=O)CC#Cc1ccc(C(=O)O)c(Cl)c1. The largest absolute Gasteiger partial charge is 0.478 e. The highest BCUT2D eigenvalue weighted by Crippen LogP contribution is 2.17. The number of carboxylic acid groups (broad SMARTS) is 1. The Bertz CT molecular complexity index is 511. The van der Waals surface area contributed by atoms with E-state index >= 15 is 0 Å². The molecule has 1 rings (SSSR count). The van der Waals surface area contributed by atoms with Crippen LogP contribution in [0, 0.1) is 11.8 Å². The Morgan fingerprint density at radius 3 is 2.71 bits per heavy atom. The van der Waals surface area contributed by atoms with Crippen molar-refractivity contribution in [3.63, 3.8) is 0 Å². The van der Waals surface area contributed by atoms with Crippen molar-refractivity contribution in [1.29, 1.82) is 0 Å². The van der Waals surface area contributed by atoms with E-state index in [0.29, 0.717) is 5.56 Å². The number of rotatable bonds is 2. The summed E-state index contributed by atoms with van der Waals surface area (Å²) in [6.45, 7) is 0. The number of carbonyl (C=O) groups is 2. The Morgan fingerprint density at radius 1 is 1.47 bits per heavy atom. The van der Waals surface area contributed by atoms with E-state index in [1.165, 1.54) is 25.3 Å². The van der Waals surface area contributed by atoms with Crippen LogP contribution < -0.4 is 0 Å². The molecule has 0 heterocycles. The van der Waals surface area contributed by atoms with Gasteiger partial charge in [0.05, 0.1) is 17.7 Å². The fourth-order valence-electron chi connectivity index (χ4n) is 1.06. The third kappa shape index (κ3) is 3.82. The smallest absolute Gasteiger partial charge is 0.337 e. The number of carboxylic acids is 1. The van der Waals surface area contributed by atoms with Crippen LogP contribution in [0.3, 0.4) is 0 Å². The predicted molar refractivity (Wildman–Crippen MR) is 61.9 cm³/mol. The second kappa shape index (κ2) is 5.92. The lowest BCUT2D eigenvalue weighted by Crippen LogP contribution is -1.98. The lowest BCUT2D eigenvalue weighted by molar-refractivity contribution is -0.139. The summed E-state index contributed by atoms with van der Waals surface area (Å²) in [6, 6.07) is 4.34. The van der Waals surface area contributed by atoms with Gasteiger partial charge in [0.1, 0.15) is 6.42 Å². The van der Waals surface area contributed by atoms with Crippen molar-refractivity contribution in [2.45, 2.75) is 6.42 Å². The highest BCUT2D eigenvalue weighted by molar-refractivity contribution is 6.33. The number of methoxy groups -OCH3 is 1. The minimum absolute atomic E-state index is 0.0187. The molecule has 0 amide bonds. The predicted octanol–water partition coefficient (Wildman–Crippen LogP) is 1.95. The zero-order valence-corrected chi connectivity index (χ0v) is 9.75. The fourth-order valence-corrected chi connectivity index (χ4v) is 1.32. The molecule has 0 unspecified atom stereocenters. The number of esters is 1. The van der Waals surface area contributed by atoms with Gasteiger partial charge in [0.2, 0.25) is 0 Å². The molecule has 1 N–H and O–H groups in total. The van der Waals surface area contributed by atoms with Crippen molar-refractivity contribution in [1.82, 2.24) is 0 Å². The summed E-state index contributed by atoms with van der Waals surface area (Å²) in [4.78, 5) is 21.5. The summed E-state index contributed by atoms with van der Waals surface area (Å²) < 4.78 is 4.42. The van der Waals surface area contributed by atoms with Gasteiger partial charge in [0, 0.05) is 5.56 Å². The van der Waals surface area contributed by atoms with Crippen LogP contribution in [0.25, 0.3) is 0 Å². The summed E-state index contributed by atoms with van der Waals surface area (Å²) in [6.07, 6.45) is -0.0190. The van der Waals surface area contributed by atoms with E-state index in [0.717, 1.165) is 0 Å². The van der Waals surface area contributed by atoms with Crippen LogP contribution >= 0.6 is 11.6 Å².